The van der Waals surface area contributed by atoms with Gasteiger partial charge in [0, 0.05) is 49.9 Å². The van der Waals surface area contributed by atoms with Crippen LogP contribution in [0.25, 0.3) is 0 Å². The molecule has 1 atom stereocenters. The number of aliphatic hydroxyl groups excluding tert-OH is 1. The van der Waals surface area contributed by atoms with Gasteiger partial charge in [0.15, 0.2) is 11.5 Å². The van der Waals surface area contributed by atoms with Crippen LogP contribution >= 0.6 is 0 Å². The Balaban J connectivity index is 1.25. The van der Waals surface area contributed by atoms with Gasteiger partial charge in [-0.05, 0) is 55.7 Å². The Morgan fingerprint density at radius 3 is 2.56 bits per heavy atom. The fraction of sp³-hybridized carbons (Fsp3) is 0.370. The van der Waals surface area contributed by atoms with E-state index in [0.717, 1.165) is 49.6 Å². The van der Waals surface area contributed by atoms with E-state index in [1.165, 1.54) is 5.56 Å². The Kier molecular flexibility index (Phi) is 5.51. The lowest BCUT2D eigenvalue weighted by atomic mass is 9.99. The molecule has 3 aliphatic rings. The first-order chi connectivity index (χ1) is 16.7. The third-order valence-corrected chi connectivity index (χ3v) is 7.17. The van der Waals surface area contributed by atoms with Crippen LogP contribution in [0.1, 0.15) is 35.2 Å². The maximum atomic E-state index is 13.0. The third kappa shape index (κ3) is 3.95. The monoisotopic (exact) mass is 459 g/mol. The second-order valence-electron chi connectivity index (χ2n) is 9.45. The number of amides is 1. The summed E-state index contributed by atoms with van der Waals surface area (Å²) in [6.07, 6.45) is 5.83. The van der Waals surface area contributed by atoms with E-state index >= 15 is 0 Å². The number of benzene rings is 2. The van der Waals surface area contributed by atoms with E-state index in [4.69, 9.17) is 9.15 Å². The van der Waals surface area contributed by atoms with E-state index in [-0.39, 0.29) is 5.91 Å². The standard InChI is InChI=1S/C27H29N3O4/c31-22-9-13-29(17-22)27(32)20-5-6-24-26(15-20)34-25-4-2-1-3-23(25)30(24)21-7-11-28(12-8-21)16-19-10-14-33-18-19/h1-6,10,14-15,18,21-22,31H,7-9,11-13,16-17H2/t22-/m0/s1. The Morgan fingerprint density at radius 1 is 0.971 bits per heavy atom. The van der Waals surface area contributed by atoms with Crippen LogP contribution in [0.4, 0.5) is 11.4 Å². The number of fused-ring (bicyclic) bond motifs is 2. The highest BCUT2D eigenvalue weighted by Crippen LogP contribution is 2.49. The van der Waals surface area contributed by atoms with Crippen molar-refractivity contribution in [3.05, 3.63) is 72.2 Å². The number of carbonyl (C=O) groups excluding carboxylic acids is 1. The maximum Gasteiger partial charge on any atom is 0.254 e. The van der Waals surface area contributed by atoms with Crippen molar-refractivity contribution < 1.29 is 19.1 Å². The van der Waals surface area contributed by atoms with E-state index in [9.17, 15) is 9.90 Å². The summed E-state index contributed by atoms with van der Waals surface area (Å²) in [4.78, 5) is 19.6. The molecule has 1 N–H and O–H groups in total. The molecule has 34 heavy (non-hydrogen) atoms. The molecule has 0 radical (unpaired) electrons. The van der Waals surface area contributed by atoms with E-state index < -0.39 is 6.10 Å². The lowest BCUT2D eigenvalue weighted by Crippen LogP contribution is -2.43. The van der Waals surface area contributed by atoms with Crippen LogP contribution in [0.5, 0.6) is 11.5 Å². The van der Waals surface area contributed by atoms with Gasteiger partial charge < -0.3 is 24.1 Å². The first-order valence-corrected chi connectivity index (χ1v) is 12.1. The lowest BCUT2D eigenvalue weighted by molar-refractivity contribution is 0.0764. The van der Waals surface area contributed by atoms with Crippen LogP contribution in [0.3, 0.4) is 0 Å². The molecule has 2 aromatic carbocycles. The van der Waals surface area contributed by atoms with Crippen LogP contribution < -0.4 is 9.64 Å². The number of ether oxygens (including phenoxy) is 1. The van der Waals surface area contributed by atoms with Gasteiger partial charge in [0.05, 0.1) is 30.0 Å². The highest BCUT2D eigenvalue weighted by Gasteiger charge is 2.33. The molecular weight excluding hydrogens is 430 g/mol. The quantitative estimate of drug-likeness (QED) is 0.624. The van der Waals surface area contributed by atoms with Crippen LogP contribution in [0, 0.1) is 0 Å². The third-order valence-electron chi connectivity index (χ3n) is 7.17. The summed E-state index contributed by atoms with van der Waals surface area (Å²) in [5.41, 5.74) is 3.89. The summed E-state index contributed by atoms with van der Waals surface area (Å²) in [6, 6.07) is 16.3. The van der Waals surface area contributed by atoms with Crippen molar-refractivity contribution in [2.75, 3.05) is 31.1 Å². The predicted molar refractivity (Wildman–Crippen MR) is 129 cm³/mol. The number of β-amino-alcohol motifs (C(OH)–C–C–N with tert-alkyl or cyclic N) is 1. The number of rotatable bonds is 4. The fourth-order valence-corrected chi connectivity index (χ4v) is 5.40. The molecule has 3 aliphatic heterocycles. The minimum atomic E-state index is -0.431. The Morgan fingerprint density at radius 2 is 1.79 bits per heavy atom. The molecule has 7 nitrogen and oxygen atoms in total. The normalized spacial score (nSPS) is 20.7. The molecule has 0 unspecified atom stereocenters. The number of likely N-dealkylation sites (tertiary alicyclic amines) is 2. The van der Waals surface area contributed by atoms with E-state index in [1.54, 1.807) is 11.2 Å². The van der Waals surface area contributed by atoms with Crippen LogP contribution in [0.2, 0.25) is 0 Å². The van der Waals surface area contributed by atoms with E-state index in [0.29, 0.717) is 36.9 Å². The maximum absolute atomic E-state index is 13.0. The largest absolute Gasteiger partial charge is 0.472 e. The second kappa shape index (κ2) is 8.81. The molecule has 176 valence electrons. The lowest BCUT2D eigenvalue weighted by Gasteiger charge is -2.42. The predicted octanol–water partition coefficient (Wildman–Crippen LogP) is 4.39. The van der Waals surface area contributed by atoms with Gasteiger partial charge >= 0.3 is 0 Å². The zero-order valence-electron chi connectivity index (χ0n) is 19.1. The number of carbonyl (C=O) groups is 1. The molecule has 2 saturated heterocycles. The van der Waals surface area contributed by atoms with Gasteiger partial charge in [0.1, 0.15) is 0 Å². The van der Waals surface area contributed by atoms with Gasteiger partial charge in [-0.25, -0.2) is 0 Å². The summed E-state index contributed by atoms with van der Waals surface area (Å²) in [5.74, 6) is 1.48. The van der Waals surface area contributed by atoms with Crippen molar-refractivity contribution in [2.45, 2.75) is 38.0 Å². The minimum absolute atomic E-state index is 0.0547. The van der Waals surface area contributed by atoms with Crippen molar-refractivity contribution in [1.29, 1.82) is 0 Å². The van der Waals surface area contributed by atoms with Crippen LogP contribution in [-0.2, 0) is 6.54 Å². The van der Waals surface area contributed by atoms with Crippen molar-refractivity contribution in [2.24, 2.45) is 0 Å². The zero-order valence-corrected chi connectivity index (χ0v) is 19.1. The van der Waals surface area contributed by atoms with Gasteiger partial charge in [-0.15, -0.1) is 0 Å². The average molecular weight is 460 g/mol. The molecule has 4 heterocycles. The second-order valence-corrected chi connectivity index (χ2v) is 9.45. The number of hydrogen-bond acceptors (Lipinski definition) is 6. The summed E-state index contributed by atoms with van der Waals surface area (Å²) in [5, 5.41) is 9.83. The zero-order chi connectivity index (χ0) is 23.1. The summed E-state index contributed by atoms with van der Waals surface area (Å²) < 4.78 is 11.5. The summed E-state index contributed by atoms with van der Waals surface area (Å²) in [7, 11) is 0. The van der Waals surface area contributed by atoms with Gasteiger partial charge in [0.25, 0.3) is 5.91 Å². The molecule has 0 spiro atoms. The Labute approximate surface area is 199 Å². The Hall–Kier alpha value is -3.29. The highest BCUT2D eigenvalue weighted by molar-refractivity contribution is 5.96. The molecule has 6 rings (SSSR count). The van der Waals surface area contributed by atoms with Gasteiger partial charge in [-0.2, -0.15) is 0 Å². The van der Waals surface area contributed by atoms with Gasteiger partial charge in [-0.1, -0.05) is 12.1 Å². The molecule has 3 aromatic rings. The number of nitrogens with zero attached hydrogens (tertiary/aromatic N) is 3. The molecule has 0 saturated carbocycles. The number of aliphatic hydroxyl groups is 1. The summed E-state index contributed by atoms with van der Waals surface area (Å²) >= 11 is 0. The van der Waals surface area contributed by atoms with E-state index in [2.05, 4.69) is 15.9 Å². The molecule has 0 bridgehead atoms. The van der Waals surface area contributed by atoms with Crippen molar-refractivity contribution in [3.8, 4) is 11.5 Å². The fourth-order valence-electron chi connectivity index (χ4n) is 5.40. The van der Waals surface area contributed by atoms with Gasteiger partial charge in [-0.3, -0.25) is 9.69 Å². The first-order valence-electron chi connectivity index (χ1n) is 12.1. The van der Waals surface area contributed by atoms with Crippen molar-refractivity contribution >= 4 is 17.3 Å². The van der Waals surface area contributed by atoms with Crippen molar-refractivity contribution in [1.82, 2.24) is 9.80 Å². The molecule has 1 aromatic heterocycles. The number of piperidine rings is 1. The topological polar surface area (TPSA) is 69.4 Å². The average Bonchev–Trinajstić information content (AvgIpc) is 3.54. The Bertz CT molecular complexity index is 1170. The van der Waals surface area contributed by atoms with Crippen LogP contribution in [0.15, 0.2) is 65.5 Å². The SMILES string of the molecule is O=C(c1ccc2c(c1)Oc1ccccc1N2C1CCN(Cc2ccoc2)CC1)N1CC[C@H](O)C1. The van der Waals surface area contributed by atoms with Crippen LogP contribution in [-0.4, -0.2) is 59.1 Å². The minimum Gasteiger partial charge on any atom is -0.472 e. The van der Waals surface area contributed by atoms with E-state index in [1.807, 2.05) is 48.7 Å². The number of para-hydroxylation sites is 2. The van der Waals surface area contributed by atoms with Gasteiger partial charge in [0.2, 0.25) is 0 Å². The number of furan rings is 1. The molecule has 2 fully saturated rings. The molecule has 1 amide bonds. The summed E-state index contributed by atoms with van der Waals surface area (Å²) in [6.45, 7) is 3.92. The molecular formula is C27H29N3O4. The number of hydrogen-bond donors (Lipinski definition) is 1. The smallest absolute Gasteiger partial charge is 0.254 e. The highest BCUT2D eigenvalue weighted by atomic mass is 16.5. The first kappa shape index (κ1) is 21.3. The van der Waals surface area contributed by atoms with Crippen molar-refractivity contribution in [3.63, 3.8) is 0 Å². The molecule has 7 heteroatoms. The molecule has 0 aliphatic carbocycles. The number of anilines is 2.